The van der Waals surface area contributed by atoms with E-state index in [0.717, 1.165) is 22.4 Å². The van der Waals surface area contributed by atoms with E-state index < -0.39 is 6.10 Å². The van der Waals surface area contributed by atoms with Crippen LogP contribution in [-0.2, 0) is 16.1 Å². The fourth-order valence-corrected chi connectivity index (χ4v) is 2.62. The number of carbonyl (C=O) groups excluding carboxylic acids is 1. The van der Waals surface area contributed by atoms with E-state index in [-0.39, 0.29) is 5.91 Å². The van der Waals surface area contributed by atoms with Crippen molar-refractivity contribution in [2.75, 3.05) is 19.5 Å². The van der Waals surface area contributed by atoms with Gasteiger partial charge in [0.05, 0.1) is 24.7 Å². The lowest BCUT2D eigenvalue weighted by Crippen LogP contribution is -2.26. The van der Waals surface area contributed by atoms with E-state index in [2.05, 4.69) is 20.6 Å². The number of carbonyl (C=O) groups is 1. The average molecular weight is 343 g/mol. The van der Waals surface area contributed by atoms with Crippen LogP contribution in [0.2, 0.25) is 0 Å². The van der Waals surface area contributed by atoms with Crippen molar-refractivity contribution >= 4 is 22.8 Å². The number of aromatic nitrogens is 4. The summed E-state index contributed by atoms with van der Waals surface area (Å²) in [7, 11) is 3.13. The van der Waals surface area contributed by atoms with Gasteiger partial charge in [-0.3, -0.25) is 9.89 Å². The van der Waals surface area contributed by atoms with Crippen molar-refractivity contribution in [3.05, 3.63) is 35.5 Å². The van der Waals surface area contributed by atoms with Crippen LogP contribution in [-0.4, -0.2) is 46.2 Å². The number of anilines is 1. The Kier molecular flexibility index (Phi) is 4.71. The van der Waals surface area contributed by atoms with E-state index >= 15 is 0 Å². The van der Waals surface area contributed by atoms with Gasteiger partial charge >= 0.3 is 0 Å². The molecule has 0 saturated heterocycles. The first-order chi connectivity index (χ1) is 12.0. The van der Waals surface area contributed by atoms with Gasteiger partial charge in [0.25, 0.3) is 5.91 Å². The smallest absolute Gasteiger partial charge is 0.254 e. The number of ether oxygens (including phenoxy) is 2. The van der Waals surface area contributed by atoms with Crippen molar-refractivity contribution < 1.29 is 14.3 Å². The normalized spacial score (nSPS) is 12.3. The highest BCUT2D eigenvalue weighted by atomic mass is 16.5. The van der Waals surface area contributed by atoms with Crippen LogP contribution in [0.25, 0.3) is 11.0 Å². The lowest BCUT2D eigenvalue weighted by Gasteiger charge is -2.08. The number of aryl methyl sites for hydroxylation is 1. The second-order valence-corrected chi connectivity index (χ2v) is 5.76. The molecule has 3 rings (SSSR count). The largest absolute Gasteiger partial charge is 0.497 e. The Hall–Kier alpha value is -2.87. The van der Waals surface area contributed by atoms with Gasteiger partial charge in [-0.05, 0) is 31.5 Å². The minimum Gasteiger partial charge on any atom is -0.497 e. The van der Waals surface area contributed by atoms with Crippen molar-refractivity contribution in [3.8, 4) is 5.75 Å². The van der Waals surface area contributed by atoms with Crippen LogP contribution in [0, 0.1) is 6.92 Å². The van der Waals surface area contributed by atoms with Gasteiger partial charge in [-0.1, -0.05) is 12.1 Å². The van der Waals surface area contributed by atoms with Crippen LogP contribution in [0.5, 0.6) is 5.75 Å². The molecule has 0 aliphatic rings. The van der Waals surface area contributed by atoms with Crippen LogP contribution in [0.3, 0.4) is 0 Å². The number of amides is 1. The van der Waals surface area contributed by atoms with Gasteiger partial charge in [0.15, 0.2) is 5.65 Å². The molecule has 8 heteroatoms. The third kappa shape index (κ3) is 3.34. The van der Waals surface area contributed by atoms with E-state index in [1.54, 1.807) is 18.7 Å². The third-order valence-corrected chi connectivity index (χ3v) is 4.06. The summed E-state index contributed by atoms with van der Waals surface area (Å²) in [5.74, 6) is 1.08. The van der Waals surface area contributed by atoms with Gasteiger partial charge in [0.1, 0.15) is 17.7 Å². The predicted molar refractivity (Wildman–Crippen MR) is 93.8 cm³/mol. The summed E-state index contributed by atoms with van der Waals surface area (Å²) in [6.45, 7) is 4.12. The Bertz CT molecular complexity index is 899. The molecule has 1 aromatic carbocycles. The molecule has 2 aromatic heterocycles. The number of nitrogens with zero attached hydrogens (tertiary/aromatic N) is 3. The summed E-state index contributed by atoms with van der Waals surface area (Å²) >= 11 is 0. The van der Waals surface area contributed by atoms with E-state index in [0.29, 0.717) is 18.0 Å². The van der Waals surface area contributed by atoms with Crippen LogP contribution in [0.4, 0.5) is 5.82 Å². The maximum absolute atomic E-state index is 12.0. The summed E-state index contributed by atoms with van der Waals surface area (Å²) in [6, 6.07) is 7.79. The summed E-state index contributed by atoms with van der Waals surface area (Å²) < 4.78 is 12.1. The Balaban J connectivity index is 1.90. The van der Waals surface area contributed by atoms with Crippen molar-refractivity contribution in [2.24, 2.45) is 0 Å². The quantitative estimate of drug-likeness (QED) is 0.715. The molecule has 0 radical (unpaired) electrons. The summed E-state index contributed by atoms with van der Waals surface area (Å²) in [5.41, 5.74) is 2.51. The summed E-state index contributed by atoms with van der Waals surface area (Å²) in [5, 5.41) is 15.3. The molecule has 1 atom stereocenters. The number of hydrogen-bond donors (Lipinski definition) is 2. The number of fused-ring (bicyclic) bond motifs is 1. The third-order valence-electron chi connectivity index (χ3n) is 4.06. The van der Waals surface area contributed by atoms with Gasteiger partial charge in [0.2, 0.25) is 0 Å². The van der Waals surface area contributed by atoms with Gasteiger partial charge in [-0.25, -0.2) is 4.68 Å². The molecule has 0 unspecified atom stereocenters. The number of aromatic amines is 1. The highest BCUT2D eigenvalue weighted by Crippen LogP contribution is 2.25. The molecule has 8 nitrogen and oxygen atoms in total. The lowest BCUT2D eigenvalue weighted by molar-refractivity contribution is -0.124. The Morgan fingerprint density at radius 2 is 2.20 bits per heavy atom. The molecule has 2 heterocycles. The van der Waals surface area contributed by atoms with Crippen LogP contribution >= 0.6 is 0 Å². The molecule has 2 N–H and O–H groups in total. The molecule has 0 spiro atoms. The van der Waals surface area contributed by atoms with E-state index in [9.17, 15) is 4.79 Å². The molecular formula is C17H21N5O3. The fraction of sp³-hybridized carbons (Fsp3) is 0.353. The Morgan fingerprint density at radius 3 is 2.92 bits per heavy atom. The molecule has 25 heavy (non-hydrogen) atoms. The molecule has 0 saturated carbocycles. The molecule has 0 fully saturated rings. The molecule has 0 aliphatic carbocycles. The summed E-state index contributed by atoms with van der Waals surface area (Å²) in [4.78, 5) is 12.0. The highest BCUT2D eigenvalue weighted by molar-refractivity contribution is 6.01. The molecular weight excluding hydrogens is 322 g/mol. The molecule has 3 aromatic rings. The molecule has 1 amide bonds. The monoisotopic (exact) mass is 343 g/mol. The SMILES string of the molecule is COc1cccc(Cn2nc(C)c3c(NC(=O)[C@H](C)OC)[nH]nc32)c1. The first kappa shape index (κ1) is 17.0. The first-order valence-electron chi connectivity index (χ1n) is 7.91. The number of hydrogen-bond acceptors (Lipinski definition) is 5. The van der Waals surface area contributed by atoms with Crippen LogP contribution in [0.1, 0.15) is 18.2 Å². The minimum atomic E-state index is -0.550. The maximum atomic E-state index is 12.0. The number of benzene rings is 1. The van der Waals surface area contributed by atoms with Gasteiger partial charge < -0.3 is 14.8 Å². The average Bonchev–Trinajstić information content (AvgIpc) is 3.16. The zero-order chi connectivity index (χ0) is 18.0. The van der Waals surface area contributed by atoms with E-state index in [4.69, 9.17) is 9.47 Å². The van der Waals surface area contributed by atoms with Gasteiger partial charge in [0, 0.05) is 7.11 Å². The number of nitrogens with one attached hydrogen (secondary N) is 2. The standard InChI is InChI=1S/C17H21N5O3/c1-10-14-15(18-17(23)11(2)24-3)19-20-16(14)22(21-10)9-12-6-5-7-13(8-12)25-4/h5-8,11H,9H2,1-4H3,(H2,18,19,20,23)/t11-/m0/s1. The second kappa shape index (κ2) is 6.94. The minimum absolute atomic E-state index is 0.243. The van der Waals surface area contributed by atoms with Gasteiger partial charge in [-0.2, -0.15) is 10.2 Å². The van der Waals surface area contributed by atoms with Crippen molar-refractivity contribution in [1.82, 2.24) is 20.0 Å². The Morgan fingerprint density at radius 1 is 1.40 bits per heavy atom. The number of H-pyrrole nitrogens is 1. The zero-order valence-electron chi connectivity index (χ0n) is 14.7. The number of methoxy groups -OCH3 is 2. The fourth-order valence-electron chi connectivity index (χ4n) is 2.62. The molecule has 0 aliphatic heterocycles. The highest BCUT2D eigenvalue weighted by Gasteiger charge is 2.19. The maximum Gasteiger partial charge on any atom is 0.254 e. The first-order valence-corrected chi connectivity index (χ1v) is 7.91. The zero-order valence-corrected chi connectivity index (χ0v) is 14.7. The summed E-state index contributed by atoms with van der Waals surface area (Å²) in [6.07, 6.45) is -0.550. The van der Waals surface area contributed by atoms with Crippen molar-refractivity contribution in [2.45, 2.75) is 26.5 Å². The van der Waals surface area contributed by atoms with Gasteiger partial charge in [-0.15, -0.1) is 0 Å². The molecule has 0 bridgehead atoms. The van der Waals surface area contributed by atoms with Crippen LogP contribution in [0.15, 0.2) is 24.3 Å². The van der Waals surface area contributed by atoms with Crippen LogP contribution < -0.4 is 10.1 Å². The van der Waals surface area contributed by atoms with Crippen molar-refractivity contribution in [1.29, 1.82) is 0 Å². The second-order valence-electron chi connectivity index (χ2n) is 5.76. The number of rotatable bonds is 6. The van der Waals surface area contributed by atoms with E-state index in [1.165, 1.54) is 7.11 Å². The predicted octanol–water partition coefficient (Wildman–Crippen LogP) is 2.10. The topological polar surface area (TPSA) is 94.1 Å². The van der Waals surface area contributed by atoms with E-state index in [1.807, 2.05) is 31.2 Å². The molecule has 132 valence electrons. The van der Waals surface area contributed by atoms with Crippen molar-refractivity contribution in [3.63, 3.8) is 0 Å². The Labute approximate surface area is 145 Å². The lowest BCUT2D eigenvalue weighted by atomic mass is 10.2.